The number of nitrogens with zero attached hydrogens (tertiary/aromatic N) is 4. The SMILES string of the molecule is C=CCCc1ccccc1-c1cccc(-c2cc3nc(C)c([C@H](OC(C)(C)C)C(=O)OC)c(-c4cc(F)c5c(c4)N(CC=C)CCO5)n3n2)c1. The number of esters is 1. The Kier molecular flexibility index (Phi) is 9.88. The molecule has 258 valence electrons. The zero-order valence-electron chi connectivity index (χ0n) is 29.3. The van der Waals surface area contributed by atoms with Gasteiger partial charge in [-0.05, 0) is 75.4 Å². The highest BCUT2D eigenvalue weighted by Crippen LogP contribution is 2.42. The predicted octanol–water partition coefficient (Wildman–Crippen LogP) is 8.71. The lowest BCUT2D eigenvalue weighted by molar-refractivity contribution is -0.164. The van der Waals surface area contributed by atoms with Crippen molar-refractivity contribution in [3.8, 4) is 39.4 Å². The molecule has 2 aromatic heterocycles. The van der Waals surface area contributed by atoms with Gasteiger partial charge in [-0.15, -0.1) is 13.2 Å². The third kappa shape index (κ3) is 6.91. The highest BCUT2D eigenvalue weighted by Gasteiger charge is 2.35. The molecule has 50 heavy (non-hydrogen) atoms. The molecule has 0 bridgehead atoms. The summed E-state index contributed by atoms with van der Waals surface area (Å²) < 4.78 is 35.1. The van der Waals surface area contributed by atoms with Crippen molar-refractivity contribution in [3.63, 3.8) is 0 Å². The fourth-order valence-corrected chi connectivity index (χ4v) is 6.49. The van der Waals surface area contributed by atoms with Crippen LogP contribution in [0.1, 0.15) is 50.1 Å². The minimum atomic E-state index is -1.17. The van der Waals surface area contributed by atoms with Gasteiger partial charge >= 0.3 is 5.97 Å². The van der Waals surface area contributed by atoms with Crippen LogP contribution in [-0.4, -0.2) is 53.0 Å². The number of hydrogen-bond acceptors (Lipinski definition) is 7. The first-order chi connectivity index (χ1) is 24.0. The Morgan fingerprint density at radius 3 is 2.56 bits per heavy atom. The van der Waals surface area contributed by atoms with Crippen LogP contribution < -0.4 is 9.64 Å². The Labute approximate surface area is 292 Å². The lowest BCUT2D eigenvalue weighted by atomic mass is 9.95. The summed E-state index contributed by atoms with van der Waals surface area (Å²) in [6.07, 6.45) is 4.30. The van der Waals surface area contributed by atoms with Crippen molar-refractivity contribution in [2.75, 3.05) is 31.7 Å². The van der Waals surface area contributed by atoms with E-state index in [4.69, 9.17) is 24.3 Å². The van der Waals surface area contributed by atoms with E-state index in [1.807, 2.05) is 69.0 Å². The summed E-state index contributed by atoms with van der Waals surface area (Å²) in [7, 11) is 1.32. The molecule has 3 aromatic carbocycles. The summed E-state index contributed by atoms with van der Waals surface area (Å²) in [4.78, 5) is 20.4. The van der Waals surface area contributed by atoms with Gasteiger partial charge < -0.3 is 19.1 Å². The van der Waals surface area contributed by atoms with E-state index >= 15 is 4.39 Å². The molecule has 3 heterocycles. The largest absolute Gasteiger partial charge is 0.486 e. The quantitative estimate of drug-likeness (QED) is 0.102. The molecule has 0 saturated carbocycles. The van der Waals surface area contributed by atoms with E-state index < -0.39 is 23.5 Å². The molecule has 1 aliphatic heterocycles. The summed E-state index contributed by atoms with van der Waals surface area (Å²) in [5, 5.41) is 5.08. The van der Waals surface area contributed by atoms with Gasteiger partial charge in [0.2, 0.25) is 0 Å². The molecule has 0 unspecified atom stereocenters. The molecule has 9 heteroatoms. The molecular formula is C41H43FN4O4. The maximum Gasteiger partial charge on any atom is 0.339 e. The van der Waals surface area contributed by atoms with Gasteiger partial charge in [-0.2, -0.15) is 5.10 Å². The molecule has 0 amide bonds. The lowest BCUT2D eigenvalue weighted by Gasteiger charge is -2.32. The van der Waals surface area contributed by atoms with E-state index in [9.17, 15) is 4.79 Å². The van der Waals surface area contributed by atoms with Gasteiger partial charge in [0.1, 0.15) is 6.61 Å². The molecule has 1 aliphatic rings. The number of fused-ring (bicyclic) bond motifs is 2. The van der Waals surface area contributed by atoms with Crippen LogP contribution in [-0.2, 0) is 20.7 Å². The monoisotopic (exact) mass is 674 g/mol. The van der Waals surface area contributed by atoms with E-state index in [1.54, 1.807) is 10.6 Å². The number of rotatable bonds is 11. The number of methoxy groups -OCH3 is 1. The first-order valence-electron chi connectivity index (χ1n) is 16.8. The second-order valence-electron chi connectivity index (χ2n) is 13.3. The highest BCUT2D eigenvalue weighted by atomic mass is 19.1. The van der Waals surface area contributed by atoms with Crippen molar-refractivity contribution >= 4 is 17.3 Å². The van der Waals surface area contributed by atoms with Crippen LogP contribution in [0.3, 0.4) is 0 Å². The second kappa shape index (κ2) is 14.3. The second-order valence-corrected chi connectivity index (χ2v) is 13.3. The van der Waals surface area contributed by atoms with E-state index in [2.05, 4.69) is 43.5 Å². The molecule has 0 saturated heterocycles. The minimum Gasteiger partial charge on any atom is -0.486 e. The zero-order chi connectivity index (χ0) is 35.6. The predicted molar refractivity (Wildman–Crippen MR) is 196 cm³/mol. The number of ether oxygens (including phenoxy) is 3. The van der Waals surface area contributed by atoms with E-state index in [0.29, 0.717) is 59.2 Å². The summed E-state index contributed by atoms with van der Waals surface area (Å²) in [6.45, 7) is 16.6. The zero-order valence-corrected chi connectivity index (χ0v) is 29.3. The van der Waals surface area contributed by atoms with Gasteiger partial charge in [-0.25, -0.2) is 18.7 Å². The first-order valence-corrected chi connectivity index (χ1v) is 16.8. The summed E-state index contributed by atoms with van der Waals surface area (Å²) in [5.41, 5.74) is 7.30. The lowest BCUT2D eigenvalue weighted by Crippen LogP contribution is -2.33. The van der Waals surface area contributed by atoms with Crippen molar-refractivity contribution in [1.82, 2.24) is 14.6 Å². The Morgan fingerprint density at radius 2 is 1.82 bits per heavy atom. The van der Waals surface area contributed by atoms with Gasteiger partial charge in [-0.3, -0.25) is 0 Å². The van der Waals surface area contributed by atoms with Gasteiger partial charge in [0.05, 0.1) is 36.3 Å². The number of carbonyl (C=O) groups excluding carboxylic acids is 1. The van der Waals surface area contributed by atoms with Crippen LogP contribution in [0.2, 0.25) is 0 Å². The number of carbonyl (C=O) groups is 1. The normalized spacial score (nSPS) is 13.4. The number of anilines is 1. The summed E-state index contributed by atoms with van der Waals surface area (Å²) in [5.74, 6) is -0.954. The summed E-state index contributed by atoms with van der Waals surface area (Å²) >= 11 is 0. The Morgan fingerprint density at radius 1 is 1.04 bits per heavy atom. The number of aryl methyl sites for hydroxylation is 2. The maximum atomic E-state index is 16.0. The minimum absolute atomic E-state index is 0.173. The summed E-state index contributed by atoms with van der Waals surface area (Å²) in [6, 6.07) is 21.8. The van der Waals surface area contributed by atoms with Crippen molar-refractivity contribution in [2.24, 2.45) is 0 Å². The smallest absolute Gasteiger partial charge is 0.339 e. The molecule has 0 spiro atoms. The van der Waals surface area contributed by atoms with Crippen LogP contribution in [0.4, 0.5) is 10.1 Å². The third-order valence-corrected chi connectivity index (χ3v) is 8.68. The molecule has 1 atom stereocenters. The molecular weight excluding hydrogens is 631 g/mol. The van der Waals surface area contributed by atoms with Gasteiger partial charge in [0, 0.05) is 35.0 Å². The van der Waals surface area contributed by atoms with Crippen molar-refractivity contribution in [1.29, 1.82) is 0 Å². The van der Waals surface area contributed by atoms with Crippen molar-refractivity contribution < 1.29 is 23.4 Å². The number of aromatic nitrogens is 3. The molecule has 5 aromatic rings. The van der Waals surface area contributed by atoms with E-state index in [1.165, 1.54) is 18.7 Å². The van der Waals surface area contributed by atoms with Crippen molar-refractivity contribution in [3.05, 3.63) is 115 Å². The van der Waals surface area contributed by atoms with Crippen LogP contribution in [0, 0.1) is 12.7 Å². The Hall–Kier alpha value is -5.28. The van der Waals surface area contributed by atoms with Crippen LogP contribution in [0.25, 0.3) is 39.3 Å². The van der Waals surface area contributed by atoms with E-state index in [0.717, 1.165) is 29.5 Å². The topological polar surface area (TPSA) is 78.2 Å². The van der Waals surface area contributed by atoms with Gasteiger partial charge in [0.25, 0.3) is 0 Å². The first kappa shape index (κ1) is 34.6. The average molecular weight is 675 g/mol. The number of benzene rings is 3. The van der Waals surface area contributed by atoms with Crippen LogP contribution in [0.5, 0.6) is 5.75 Å². The third-order valence-electron chi connectivity index (χ3n) is 8.68. The molecule has 6 rings (SSSR count). The maximum absolute atomic E-state index is 16.0. The molecule has 0 aliphatic carbocycles. The molecule has 0 N–H and O–H groups in total. The molecule has 0 radical (unpaired) electrons. The van der Waals surface area contributed by atoms with Crippen molar-refractivity contribution in [2.45, 2.75) is 52.2 Å². The number of hydrogen-bond donors (Lipinski definition) is 0. The number of halogens is 1. The fraction of sp³-hybridized carbons (Fsp3) is 0.293. The standard InChI is InChI=1S/C41H43FN4O4/c1-8-10-14-27-15-11-12-18-31(27)28-16-13-17-29(22-28)33-25-35-43-26(3)36(39(40(47)48-7)50-41(4,5)6)37(46(35)44-33)30-23-32(42)38-34(24-30)45(19-9-2)20-21-49-38/h8-9,11-13,15-18,22-25,39H,1-2,10,14,19-21H2,3-7H3/t39-/m0/s1. The van der Waals surface area contributed by atoms with Crippen LogP contribution in [0.15, 0.2) is 92.0 Å². The molecule has 0 fully saturated rings. The average Bonchev–Trinajstić information content (AvgIpc) is 3.52. The fourth-order valence-electron chi connectivity index (χ4n) is 6.49. The van der Waals surface area contributed by atoms with E-state index in [-0.39, 0.29) is 5.75 Å². The van der Waals surface area contributed by atoms with Gasteiger partial charge in [-0.1, -0.05) is 54.6 Å². The highest BCUT2D eigenvalue weighted by molar-refractivity contribution is 5.84. The molecule has 8 nitrogen and oxygen atoms in total. The Balaban J connectivity index is 1.59. The van der Waals surface area contributed by atoms with Gasteiger partial charge in [0.15, 0.2) is 23.3 Å². The number of allylic oxidation sites excluding steroid dienone is 1. The Bertz CT molecular complexity index is 2080. The van der Waals surface area contributed by atoms with Crippen LogP contribution >= 0.6 is 0 Å².